The summed E-state index contributed by atoms with van der Waals surface area (Å²) in [5.74, 6) is 2.27. The molecule has 0 bridgehead atoms. The van der Waals surface area contributed by atoms with E-state index >= 15 is 0 Å². The second kappa shape index (κ2) is 4.62. The number of hydrogen-bond donors (Lipinski definition) is 1. The van der Waals surface area contributed by atoms with Gasteiger partial charge in [-0.25, -0.2) is 13.4 Å². The highest BCUT2D eigenvalue weighted by molar-refractivity contribution is 7.89. The molecule has 0 radical (unpaired) electrons. The van der Waals surface area contributed by atoms with Crippen LogP contribution in [0.4, 0.5) is 0 Å². The molecule has 0 amide bonds. The molecule has 0 fully saturated rings. The maximum atomic E-state index is 11.6. The van der Waals surface area contributed by atoms with Crippen LogP contribution in [0.5, 0.6) is 0 Å². The summed E-state index contributed by atoms with van der Waals surface area (Å²) in [4.78, 5) is 3.71. The van der Waals surface area contributed by atoms with Crippen LogP contribution < -0.4 is 4.72 Å². The largest absolute Gasteiger partial charge is 0.243 e. The number of sulfonamides is 1. The van der Waals surface area contributed by atoms with Gasteiger partial charge in [0.15, 0.2) is 0 Å². The van der Waals surface area contributed by atoms with Gasteiger partial charge in [0, 0.05) is 6.20 Å². The van der Waals surface area contributed by atoms with Gasteiger partial charge in [-0.2, -0.15) is 4.72 Å². The van der Waals surface area contributed by atoms with Crippen molar-refractivity contribution in [1.82, 2.24) is 9.71 Å². The molecule has 1 N–H and O–H groups in total. The minimum atomic E-state index is -3.60. The smallest absolute Gasteiger partial charge is 0.243 e. The molecule has 4 nitrogen and oxygen atoms in total. The number of hydrogen-bond acceptors (Lipinski definition) is 3. The van der Waals surface area contributed by atoms with Crippen molar-refractivity contribution >= 4 is 21.6 Å². The van der Waals surface area contributed by atoms with Crippen LogP contribution in [0.2, 0.25) is 5.15 Å². The zero-order chi connectivity index (χ0) is 11.5. The van der Waals surface area contributed by atoms with Crippen LogP contribution in [0.1, 0.15) is 6.92 Å². The van der Waals surface area contributed by atoms with Crippen LogP contribution in [0, 0.1) is 12.3 Å². The first-order valence-electron chi connectivity index (χ1n) is 4.06. The molecule has 0 saturated heterocycles. The van der Waals surface area contributed by atoms with Gasteiger partial charge in [0.05, 0.1) is 6.04 Å². The Morgan fingerprint density at radius 3 is 2.73 bits per heavy atom. The van der Waals surface area contributed by atoms with Crippen molar-refractivity contribution in [2.75, 3.05) is 0 Å². The van der Waals surface area contributed by atoms with Crippen LogP contribution in [-0.4, -0.2) is 19.4 Å². The number of nitrogens with zero attached hydrogens (tertiary/aromatic N) is 1. The van der Waals surface area contributed by atoms with E-state index < -0.39 is 16.1 Å². The molecule has 1 heterocycles. The van der Waals surface area contributed by atoms with E-state index in [1.54, 1.807) is 6.92 Å². The monoisotopic (exact) mass is 244 g/mol. The Hall–Kier alpha value is -1.09. The van der Waals surface area contributed by atoms with Gasteiger partial charge in [-0.15, -0.1) is 6.42 Å². The van der Waals surface area contributed by atoms with Gasteiger partial charge in [-0.1, -0.05) is 17.5 Å². The second-order valence-electron chi connectivity index (χ2n) is 2.83. The van der Waals surface area contributed by atoms with E-state index in [9.17, 15) is 8.42 Å². The van der Waals surface area contributed by atoms with Gasteiger partial charge >= 0.3 is 0 Å². The van der Waals surface area contributed by atoms with Crippen molar-refractivity contribution < 1.29 is 8.42 Å². The lowest BCUT2D eigenvalue weighted by Gasteiger charge is -2.08. The van der Waals surface area contributed by atoms with Gasteiger partial charge in [0.2, 0.25) is 10.0 Å². The number of terminal acetylenes is 1. The van der Waals surface area contributed by atoms with E-state index in [1.807, 2.05) is 0 Å². The van der Waals surface area contributed by atoms with Gasteiger partial charge in [0.25, 0.3) is 0 Å². The van der Waals surface area contributed by atoms with Gasteiger partial charge in [-0.3, -0.25) is 0 Å². The van der Waals surface area contributed by atoms with Crippen molar-refractivity contribution in [2.24, 2.45) is 0 Å². The summed E-state index contributed by atoms with van der Waals surface area (Å²) in [7, 11) is -3.60. The predicted octanol–water partition coefficient (Wildman–Crippen LogP) is 1.04. The van der Waals surface area contributed by atoms with E-state index in [4.69, 9.17) is 18.0 Å². The van der Waals surface area contributed by atoms with E-state index in [0.29, 0.717) is 0 Å². The van der Waals surface area contributed by atoms with Crippen LogP contribution in [0.25, 0.3) is 0 Å². The summed E-state index contributed by atoms with van der Waals surface area (Å²) in [6, 6.07) is 2.20. The van der Waals surface area contributed by atoms with Crippen molar-refractivity contribution in [3.05, 3.63) is 23.5 Å². The summed E-state index contributed by atoms with van der Waals surface area (Å²) in [6.45, 7) is 1.57. The van der Waals surface area contributed by atoms with Crippen LogP contribution in [0.3, 0.4) is 0 Å². The van der Waals surface area contributed by atoms with E-state index in [0.717, 1.165) is 0 Å². The maximum Gasteiger partial charge on any atom is 0.243 e. The zero-order valence-electron chi connectivity index (χ0n) is 7.94. The Morgan fingerprint density at radius 2 is 2.27 bits per heavy atom. The third-order valence-electron chi connectivity index (χ3n) is 1.59. The maximum absolute atomic E-state index is 11.6. The highest BCUT2D eigenvalue weighted by atomic mass is 35.5. The average Bonchev–Trinajstić information content (AvgIpc) is 2.17. The van der Waals surface area contributed by atoms with Crippen LogP contribution >= 0.6 is 11.6 Å². The first kappa shape index (κ1) is 12.0. The SMILES string of the molecule is C#CC(C)NS(=O)(=O)c1ccc(Cl)nc1. The topological polar surface area (TPSA) is 59.1 Å². The number of aromatic nitrogens is 1. The normalized spacial score (nSPS) is 13.1. The van der Waals surface area contributed by atoms with Crippen LogP contribution in [0.15, 0.2) is 23.2 Å². The van der Waals surface area contributed by atoms with Crippen LogP contribution in [-0.2, 0) is 10.0 Å². The minimum Gasteiger partial charge on any atom is -0.243 e. The summed E-state index contributed by atoms with van der Waals surface area (Å²) in [6.07, 6.45) is 6.24. The average molecular weight is 245 g/mol. The molecule has 1 aromatic heterocycles. The lowest BCUT2D eigenvalue weighted by molar-refractivity contribution is 0.577. The van der Waals surface area contributed by atoms with Gasteiger partial charge in [-0.05, 0) is 19.1 Å². The fourth-order valence-corrected chi connectivity index (χ4v) is 2.08. The minimum absolute atomic E-state index is 0.0361. The summed E-state index contributed by atoms with van der Waals surface area (Å²) >= 11 is 5.54. The molecular weight excluding hydrogens is 236 g/mol. The summed E-state index contributed by atoms with van der Waals surface area (Å²) in [5.41, 5.74) is 0. The molecular formula is C9H9ClN2O2S. The van der Waals surface area contributed by atoms with Crippen molar-refractivity contribution in [3.63, 3.8) is 0 Å². The third-order valence-corrected chi connectivity index (χ3v) is 3.34. The first-order valence-corrected chi connectivity index (χ1v) is 5.92. The second-order valence-corrected chi connectivity index (χ2v) is 4.93. The van der Waals surface area contributed by atoms with Crippen molar-refractivity contribution in [1.29, 1.82) is 0 Å². The van der Waals surface area contributed by atoms with Gasteiger partial charge in [0.1, 0.15) is 10.0 Å². The molecule has 0 aromatic carbocycles. The fraction of sp³-hybridized carbons (Fsp3) is 0.222. The standard InChI is InChI=1S/C9H9ClN2O2S/c1-3-7(2)12-15(13,14)8-4-5-9(10)11-6-8/h1,4-7,12H,2H3. The Balaban J connectivity index is 2.98. The first-order chi connectivity index (χ1) is 6.95. The highest BCUT2D eigenvalue weighted by Crippen LogP contribution is 2.10. The molecule has 1 unspecified atom stereocenters. The molecule has 80 valence electrons. The van der Waals surface area contributed by atoms with E-state index in [2.05, 4.69) is 15.6 Å². The van der Waals surface area contributed by atoms with E-state index in [-0.39, 0.29) is 10.0 Å². The molecule has 6 heteroatoms. The third kappa shape index (κ3) is 3.20. The van der Waals surface area contributed by atoms with Crippen molar-refractivity contribution in [2.45, 2.75) is 17.9 Å². The van der Waals surface area contributed by atoms with E-state index in [1.165, 1.54) is 18.3 Å². The Kier molecular flexibility index (Phi) is 3.69. The molecule has 0 aliphatic carbocycles. The Morgan fingerprint density at radius 1 is 1.60 bits per heavy atom. The lowest BCUT2D eigenvalue weighted by atomic mass is 10.4. The molecule has 1 rings (SSSR count). The predicted molar refractivity (Wildman–Crippen MR) is 57.9 cm³/mol. The number of pyridine rings is 1. The number of nitrogens with one attached hydrogen (secondary N) is 1. The Labute approximate surface area is 93.7 Å². The molecule has 0 saturated carbocycles. The molecule has 15 heavy (non-hydrogen) atoms. The molecule has 1 atom stereocenters. The zero-order valence-corrected chi connectivity index (χ0v) is 9.51. The molecule has 0 spiro atoms. The molecule has 1 aromatic rings. The summed E-state index contributed by atoms with van der Waals surface area (Å²) in [5, 5.41) is 0.235. The highest BCUT2D eigenvalue weighted by Gasteiger charge is 2.16. The molecule has 0 aliphatic heterocycles. The Bertz CT molecular complexity index is 476. The number of rotatable bonds is 3. The van der Waals surface area contributed by atoms with Crippen molar-refractivity contribution in [3.8, 4) is 12.3 Å². The summed E-state index contributed by atoms with van der Waals surface area (Å²) < 4.78 is 25.5. The fourth-order valence-electron chi connectivity index (χ4n) is 0.856. The quantitative estimate of drug-likeness (QED) is 0.638. The lowest BCUT2D eigenvalue weighted by Crippen LogP contribution is -2.31. The van der Waals surface area contributed by atoms with Gasteiger partial charge < -0.3 is 0 Å². The molecule has 0 aliphatic rings. The number of halogens is 1.